The summed E-state index contributed by atoms with van der Waals surface area (Å²) in [6.45, 7) is 4.45. The van der Waals surface area contributed by atoms with E-state index in [2.05, 4.69) is 37.4 Å². The summed E-state index contributed by atoms with van der Waals surface area (Å²) in [5.74, 6) is 0. The topological polar surface area (TPSA) is 12.0 Å². The maximum Gasteiger partial charge on any atom is 0.0375 e. The molecule has 1 aliphatic carbocycles. The highest BCUT2D eigenvalue weighted by atomic mass is 14.9. The number of fused-ring (bicyclic) bond motifs is 1. The van der Waals surface area contributed by atoms with Gasteiger partial charge in [-0.25, -0.2) is 0 Å². The number of hydrogen-bond acceptors (Lipinski definition) is 1. The molecule has 2 rings (SSSR count). The second kappa shape index (κ2) is 3.39. The number of nitrogens with one attached hydrogen (secondary N) is 1. The first-order valence-electron chi connectivity index (χ1n) is 5.45. The van der Waals surface area contributed by atoms with Crippen molar-refractivity contribution in [2.24, 2.45) is 0 Å². The molecule has 1 aromatic rings. The van der Waals surface area contributed by atoms with Crippen LogP contribution in [0.15, 0.2) is 18.2 Å². The minimum atomic E-state index is 0.0949. The molecular formula is C13H19N. The van der Waals surface area contributed by atoms with Crippen molar-refractivity contribution >= 4 is 0 Å². The van der Waals surface area contributed by atoms with Crippen molar-refractivity contribution in [2.45, 2.75) is 38.6 Å². The largest absolute Gasteiger partial charge is 0.311 e. The van der Waals surface area contributed by atoms with Crippen LogP contribution in [0.1, 0.15) is 37.0 Å². The average molecular weight is 189 g/mol. The van der Waals surface area contributed by atoms with Gasteiger partial charge in [-0.2, -0.15) is 0 Å². The molecule has 0 saturated carbocycles. The molecule has 1 aromatic carbocycles. The standard InChI is InChI=1S/C13H19N/c1-13(2,14-3)12-8-7-10-5-4-6-11(10)9-12/h7-9,14H,4-6H2,1-3H3. The molecule has 0 radical (unpaired) electrons. The van der Waals surface area contributed by atoms with E-state index in [9.17, 15) is 0 Å². The molecule has 0 bridgehead atoms. The first-order valence-corrected chi connectivity index (χ1v) is 5.45. The van der Waals surface area contributed by atoms with Crippen molar-refractivity contribution in [1.82, 2.24) is 5.32 Å². The van der Waals surface area contributed by atoms with Crippen LogP contribution in [0.4, 0.5) is 0 Å². The summed E-state index contributed by atoms with van der Waals surface area (Å²) in [6, 6.07) is 6.94. The van der Waals surface area contributed by atoms with E-state index in [0.29, 0.717) is 0 Å². The summed E-state index contributed by atoms with van der Waals surface area (Å²) in [4.78, 5) is 0. The lowest BCUT2D eigenvalue weighted by molar-refractivity contribution is 0.444. The first-order chi connectivity index (χ1) is 6.63. The summed E-state index contributed by atoms with van der Waals surface area (Å²) >= 11 is 0. The van der Waals surface area contributed by atoms with E-state index in [4.69, 9.17) is 0 Å². The van der Waals surface area contributed by atoms with Gasteiger partial charge in [-0.1, -0.05) is 18.2 Å². The summed E-state index contributed by atoms with van der Waals surface area (Å²) in [7, 11) is 2.02. The molecule has 0 spiro atoms. The molecule has 0 fully saturated rings. The zero-order valence-electron chi connectivity index (χ0n) is 9.35. The Hall–Kier alpha value is -0.820. The Labute approximate surface area is 86.5 Å². The molecule has 0 heterocycles. The van der Waals surface area contributed by atoms with E-state index in [1.807, 2.05) is 7.05 Å². The summed E-state index contributed by atoms with van der Waals surface area (Å²) in [6.07, 6.45) is 3.87. The van der Waals surface area contributed by atoms with Crippen LogP contribution in [0.3, 0.4) is 0 Å². The van der Waals surface area contributed by atoms with Crippen molar-refractivity contribution in [1.29, 1.82) is 0 Å². The molecule has 1 aliphatic rings. The van der Waals surface area contributed by atoms with E-state index >= 15 is 0 Å². The third kappa shape index (κ3) is 1.57. The van der Waals surface area contributed by atoms with Crippen LogP contribution in [0.2, 0.25) is 0 Å². The molecule has 0 aliphatic heterocycles. The molecule has 0 atom stereocenters. The normalized spacial score (nSPS) is 15.6. The van der Waals surface area contributed by atoms with Crippen LogP contribution < -0.4 is 5.32 Å². The Morgan fingerprint density at radius 1 is 1.14 bits per heavy atom. The Morgan fingerprint density at radius 2 is 1.86 bits per heavy atom. The van der Waals surface area contributed by atoms with Gasteiger partial charge in [-0.15, -0.1) is 0 Å². The fraction of sp³-hybridized carbons (Fsp3) is 0.538. The highest BCUT2D eigenvalue weighted by Crippen LogP contribution is 2.27. The SMILES string of the molecule is CNC(C)(C)c1ccc2c(c1)CCC2. The van der Waals surface area contributed by atoms with E-state index in [1.165, 1.54) is 24.8 Å². The van der Waals surface area contributed by atoms with Gasteiger partial charge in [0.25, 0.3) is 0 Å². The number of rotatable bonds is 2. The van der Waals surface area contributed by atoms with Gasteiger partial charge >= 0.3 is 0 Å². The van der Waals surface area contributed by atoms with Gasteiger partial charge in [0, 0.05) is 5.54 Å². The summed E-state index contributed by atoms with van der Waals surface area (Å²) in [5, 5.41) is 3.35. The molecular weight excluding hydrogens is 170 g/mol. The number of aryl methyl sites for hydroxylation is 2. The van der Waals surface area contributed by atoms with Crippen LogP contribution in [0, 0.1) is 0 Å². The Balaban J connectivity index is 2.38. The fourth-order valence-corrected chi connectivity index (χ4v) is 2.10. The van der Waals surface area contributed by atoms with E-state index in [-0.39, 0.29) is 5.54 Å². The average Bonchev–Trinajstić information content (AvgIpc) is 2.64. The maximum absolute atomic E-state index is 3.35. The Kier molecular flexibility index (Phi) is 2.36. The van der Waals surface area contributed by atoms with Gasteiger partial charge in [-0.05, 0) is 56.8 Å². The second-order valence-electron chi connectivity index (χ2n) is 4.71. The van der Waals surface area contributed by atoms with Crippen LogP contribution in [-0.4, -0.2) is 7.05 Å². The molecule has 0 amide bonds. The monoisotopic (exact) mass is 189 g/mol. The van der Waals surface area contributed by atoms with Gasteiger partial charge in [-0.3, -0.25) is 0 Å². The van der Waals surface area contributed by atoms with Gasteiger partial charge in [0.1, 0.15) is 0 Å². The van der Waals surface area contributed by atoms with Crippen LogP contribution in [0.25, 0.3) is 0 Å². The van der Waals surface area contributed by atoms with Crippen molar-refractivity contribution in [3.05, 3.63) is 34.9 Å². The van der Waals surface area contributed by atoms with E-state index < -0.39 is 0 Å². The highest BCUT2D eigenvalue weighted by molar-refractivity contribution is 5.37. The zero-order valence-corrected chi connectivity index (χ0v) is 9.35. The minimum Gasteiger partial charge on any atom is -0.311 e. The van der Waals surface area contributed by atoms with Crippen LogP contribution >= 0.6 is 0 Å². The van der Waals surface area contributed by atoms with Crippen molar-refractivity contribution in [3.63, 3.8) is 0 Å². The molecule has 0 aromatic heterocycles. The van der Waals surface area contributed by atoms with Gasteiger partial charge < -0.3 is 5.32 Å². The molecule has 0 saturated heterocycles. The third-order valence-electron chi connectivity index (χ3n) is 3.45. The van der Waals surface area contributed by atoms with Crippen LogP contribution in [0.5, 0.6) is 0 Å². The van der Waals surface area contributed by atoms with Crippen molar-refractivity contribution in [2.75, 3.05) is 7.05 Å². The zero-order chi connectivity index (χ0) is 10.2. The van der Waals surface area contributed by atoms with E-state index in [1.54, 1.807) is 11.1 Å². The number of benzene rings is 1. The minimum absolute atomic E-state index is 0.0949. The predicted molar refractivity (Wildman–Crippen MR) is 60.6 cm³/mol. The smallest absolute Gasteiger partial charge is 0.0375 e. The quantitative estimate of drug-likeness (QED) is 0.754. The molecule has 1 heteroatoms. The lowest BCUT2D eigenvalue weighted by atomic mass is 9.92. The molecule has 76 valence electrons. The third-order valence-corrected chi connectivity index (χ3v) is 3.45. The Morgan fingerprint density at radius 3 is 2.57 bits per heavy atom. The fourth-order valence-electron chi connectivity index (χ4n) is 2.10. The predicted octanol–water partition coefficient (Wildman–Crippen LogP) is 2.63. The highest BCUT2D eigenvalue weighted by Gasteiger charge is 2.20. The lowest BCUT2D eigenvalue weighted by Gasteiger charge is -2.25. The van der Waals surface area contributed by atoms with Gasteiger partial charge in [0.15, 0.2) is 0 Å². The summed E-state index contributed by atoms with van der Waals surface area (Å²) < 4.78 is 0. The van der Waals surface area contributed by atoms with E-state index in [0.717, 1.165) is 0 Å². The summed E-state index contributed by atoms with van der Waals surface area (Å²) in [5.41, 5.74) is 4.62. The Bertz CT molecular complexity index is 339. The lowest BCUT2D eigenvalue weighted by Crippen LogP contribution is -2.33. The second-order valence-corrected chi connectivity index (χ2v) is 4.71. The van der Waals surface area contributed by atoms with Gasteiger partial charge in [0.2, 0.25) is 0 Å². The van der Waals surface area contributed by atoms with Crippen molar-refractivity contribution in [3.8, 4) is 0 Å². The molecule has 1 nitrogen and oxygen atoms in total. The molecule has 1 N–H and O–H groups in total. The first kappa shape index (κ1) is 9.72. The molecule has 0 unspecified atom stereocenters. The van der Waals surface area contributed by atoms with Gasteiger partial charge in [0.05, 0.1) is 0 Å². The van der Waals surface area contributed by atoms with Crippen molar-refractivity contribution < 1.29 is 0 Å². The van der Waals surface area contributed by atoms with Crippen LogP contribution in [-0.2, 0) is 18.4 Å². The maximum atomic E-state index is 3.35. The number of hydrogen-bond donors (Lipinski definition) is 1. The molecule has 14 heavy (non-hydrogen) atoms.